The van der Waals surface area contributed by atoms with Gasteiger partial charge in [-0.2, -0.15) is 0 Å². The van der Waals surface area contributed by atoms with Crippen LogP contribution in [0, 0.1) is 17.8 Å². The number of imidazole rings is 1. The molecule has 4 saturated carbocycles. The molecular formula is C21H32N4O3. The van der Waals surface area contributed by atoms with E-state index in [1.165, 1.54) is 19.3 Å². The van der Waals surface area contributed by atoms with Crippen LogP contribution in [0.15, 0.2) is 12.5 Å². The van der Waals surface area contributed by atoms with Gasteiger partial charge in [0.25, 0.3) is 0 Å². The molecule has 4 bridgehead atoms. The number of hydrogen-bond acceptors (Lipinski definition) is 4. The van der Waals surface area contributed by atoms with Crippen molar-refractivity contribution in [2.75, 3.05) is 0 Å². The average molecular weight is 389 g/mol. The number of carbonyl (C=O) groups excluding carboxylic acids is 2. The highest BCUT2D eigenvalue weighted by molar-refractivity contribution is 5.86. The van der Waals surface area contributed by atoms with Crippen LogP contribution in [0.25, 0.3) is 0 Å². The monoisotopic (exact) mass is 388 g/mol. The molecule has 5 rings (SSSR count). The quantitative estimate of drug-likeness (QED) is 0.723. The molecule has 0 radical (unpaired) electrons. The van der Waals surface area contributed by atoms with Gasteiger partial charge in [-0.15, -0.1) is 0 Å². The highest BCUT2D eigenvalue weighted by atomic mass is 16.6. The Morgan fingerprint density at radius 1 is 1.21 bits per heavy atom. The molecule has 1 heterocycles. The molecule has 2 amide bonds. The van der Waals surface area contributed by atoms with E-state index in [0.717, 1.165) is 42.7 Å². The Morgan fingerprint density at radius 3 is 2.32 bits per heavy atom. The molecule has 154 valence electrons. The van der Waals surface area contributed by atoms with Crippen molar-refractivity contribution in [3.63, 3.8) is 0 Å². The van der Waals surface area contributed by atoms with E-state index >= 15 is 0 Å². The van der Waals surface area contributed by atoms with E-state index < -0.39 is 17.7 Å². The van der Waals surface area contributed by atoms with Crippen molar-refractivity contribution in [3.8, 4) is 0 Å². The predicted molar refractivity (Wildman–Crippen MR) is 104 cm³/mol. The fourth-order valence-electron chi connectivity index (χ4n) is 5.89. The summed E-state index contributed by atoms with van der Waals surface area (Å²) in [5.74, 6) is 2.12. The lowest BCUT2D eigenvalue weighted by molar-refractivity contribution is -0.129. The first-order valence-corrected chi connectivity index (χ1v) is 10.5. The van der Waals surface area contributed by atoms with Gasteiger partial charge in [0.2, 0.25) is 5.91 Å². The number of rotatable bonds is 5. The summed E-state index contributed by atoms with van der Waals surface area (Å²) in [7, 11) is 0. The lowest BCUT2D eigenvalue weighted by Gasteiger charge is -2.57. The summed E-state index contributed by atoms with van der Waals surface area (Å²) in [5, 5.41) is 6.13. The van der Waals surface area contributed by atoms with Crippen LogP contribution in [-0.4, -0.2) is 39.2 Å². The number of nitrogens with zero attached hydrogens (tertiary/aromatic N) is 1. The van der Waals surface area contributed by atoms with Crippen LogP contribution in [0.4, 0.5) is 4.79 Å². The third kappa shape index (κ3) is 4.33. The van der Waals surface area contributed by atoms with Crippen LogP contribution in [0.3, 0.4) is 0 Å². The Balaban J connectivity index is 1.46. The van der Waals surface area contributed by atoms with Gasteiger partial charge in [0.05, 0.1) is 6.33 Å². The molecule has 7 nitrogen and oxygen atoms in total. The van der Waals surface area contributed by atoms with Crippen molar-refractivity contribution in [1.29, 1.82) is 0 Å². The van der Waals surface area contributed by atoms with Gasteiger partial charge in [-0.3, -0.25) is 4.79 Å². The van der Waals surface area contributed by atoms with Crippen molar-refractivity contribution in [2.45, 2.75) is 82.9 Å². The Kier molecular flexibility index (Phi) is 4.88. The largest absolute Gasteiger partial charge is 0.444 e. The van der Waals surface area contributed by atoms with Crippen molar-refractivity contribution in [2.24, 2.45) is 17.8 Å². The molecule has 1 atom stereocenters. The summed E-state index contributed by atoms with van der Waals surface area (Å²) in [6.07, 6.45) is 10.2. The molecule has 0 saturated heterocycles. The van der Waals surface area contributed by atoms with Crippen molar-refractivity contribution < 1.29 is 14.3 Å². The summed E-state index contributed by atoms with van der Waals surface area (Å²) < 4.78 is 5.38. The van der Waals surface area contributed by atoms with Crippen LogP contribution < -0.4 is 10.6 Å². The normalized spacial score (nSPS) is 32.0. The second-order valence-electron chi connectivity index (χ2n) is 10.2. The molecule has 28 heavy (non-hydrogen) atoms. The number of ether oxygens (including phenoxy) is 1. The fraction of sp³-hybridized carbons (Fsp3) is 0.762. The van der Waals surface area contributed by atoms with Gasteiger partial charge in [-0.25, -0.2) is 9.78 Å². The molecule has 3 N–H and O–H groups in total. The fourth-order valence-corrected chi connectivity index (χ4v) is 5.89. The summed E-state index contributed by atoms with van der Waals surface area (Å²) in [6, 6.07) is -0.691. The molecule has 4 fully saturated rings. The molecular weight excluding hydrogens is 356 g/mol. The van der Waals surface area contributed by atoms with Crippen LogP contribution >= 0.6 is 0 Å². The number of aromatic amines is 1. The Bertz CT molecular complexity index is 687. The smallest absolute Gasteiger partial charge is 0.408 e. The molecule has 4 aliphatic rings. The van der Waals surface area contributed by atoms with E-state index in [2.05, 4.69) is 20.6 Å². The number of nitrogens with one attached hydrogen (secondary N) is 3. The van der Waals surface area contributed by atoms with Crippen LogP contribution in [0.2, 0.25) is 0 Å². The van der Waals surface area contributed by atoms with E-state index in [1.54, 1.807) is 12.5 Å². The number of alkyl carbamates (subject to hydrolysis) is 1. The molecule has 1 aromatic rings. The highest BCUT2D eigenvalue weighted by Gasteiger charge is 2.52. The molecule has 7 heteroatoms. The SMILES string of the molecule is CC(C)(C)OC(=O)N[C@@H](Cc1cnc[nH]1)C(=O)NC12CC3CC(CC(C3)C1)C2. The van der Waals surface area contributed by atoms with Gasteiger partial charge in [0, 0.05) is 23.9 Å². The zero-order valence-electron chi connectivity index (χ0n) is 17.1. The van der Waals surface area contributed by atoms with E-state index in [0.29, 0.717) is 6.42 Å². The first-order chi connectivity index (χ1) is 13.2. The standard InChI is InChI=1S/C21H32N4O3/c1-20(2,3)28-19(27)24-17(7-16-11-22-12-23-16)18(26)25-21-8-13-4-14(9-21)6-15(5-13)10-21/h11-15,17H,4-10H2,1-3H3,(H,22,23)(H,24,27)(H,25,26)/t13?,14?,15?,17-,21?/m0/s1. The maximum absolute atomic E-state index is 13.2. The zero-order chi connectivity index (χ0) is 19.9. The number of H-pyrrole nitrogens is 1. The van der Waals surface area contributed by atoms with Gasteiger partial charge < -0.3 is 20.4 Å². The Hall–Kier alpha value is -2.05. The minimum atomic E-state index is -0.691. The maximum atomic E-state index is 13.2. The predicted octanol–water partition coefficient (Wildman–Crippen LogP) is 2.93. The van der Waals surface area contributed by atoms with Crippen LogP contribution in [0.5, 0.6) is 0 Å². The number of aromatic nitrogens is 2. The third-order valence-electron chi connectivity index (χ3n) is 6.41. The Morgan fingerprint density at radius 2 is 1.82 bits per heavy atom. The van der Waals surface area contributed by atoms with Crippen molar-refractivity contribution >= 4 is 12.0 Å². The Labute approximate surface area is 166 Å². The van der Waals surface area contributed by atoms with E-state index in [9.17, 15) is 9.59 Å². The zero-order valence-corrected chi connectivity index (χ0v) is 17.1. The van der Waals surface area contributed by atoms with Gasteiger partial charge in [-0.05, 0) is 77.0 Å². The lowest BCUT2D eigenvalue weighted by Crippen LogP contribution is -2.63. The van der Waals surface area contributed by atoms with Crippen LogP contribution in [0.1, 0.15) is 65.0 Å². The maximum Gasteiger partial charge on any atom is 0.408 e. The lowest BCUT2D eigenvalue weighted by atomic mass is 9.53. The average Bonchev–Trinajstić information content (AvgIpc) is 3.03. The van der Waals surface area contributed by atoms with Crippen molar-refractivity contribution in [1.82, 2.24) is 20.6 Å². The molecule has 0 unspecified atom stereocenters. The first-order valence-electron chi connectivity index (χ1n) is 10.5. The van der Waals surface area contributed by atoms with Gasteiger partial charge in [-0.1, -0.05) is 0 Å². The first kappa shape index (κ1) is 19.3. The number of hydrogen-bond donors (Lipinski definition) is 3. The minimum Gasteiger partial charge on any atom is -0.444 e. The van der Waals surface area contributed by atoms with Crippen LogP contribution in [-0.2, 0) is 16.0 Å². The van der Waals surface area contributed by atoms with Gasteiger partial charge in [0.1, 0.15) is 11.6 Å². The molecule has 0 aromatic carbocycles. The highest BCUT2D eigenvalue weighted by Crippen LogP contribution is 2.55. The molecule has 0 spiro atoms. The second kappa shape index (κ2) is 7.08. The third-order valence-corrected chi connectivity index (χ3v) is 6.41. The van der Waals surface area contributed by atoms with Gasteiger partial charge in [0.15, 0.2) is 0 Å². The summed E-state index contributed by atoms with van der Waals surface area (Å²) in [4.78, 5) is 32.6. The number of carbonyl (C=O) groups is 2. The van der Waals surface area contributed by atoms with Gasteiger partial charge >= 0.3 is 6.09 Å². The minimum absolute atomic E-state index is 0.0896. The summed E-state index contributed by atoms with van der Waals surface area (Å²) in [5.41, 5.74) is 0.105. The van der Waals surface area contributed by atoms with E-state index in [1.807, 2.05) is 20.8 Å². The molecule has 0 aliphatic heterocycles. The second-order valence-corrected chi connectivity index (χ2v) is 10.2. The number of amides is 2. The van der Waals surface area contributed by atoms with E-state index in [4.69, 9.17) is 4.74 Å². The summed E-state index contributed by atoms with van der Waals surface area (Å²) in [6.45, 7) is 5.43. The molecule has 4 aliphatic carbocycles. The van der Waals surface area contributed by atoms with Crippen molar-refractivity contribution in [3.05, 3.63) is 18.2 Å². The molecule has 1 aromatic heterocycles. The van der Waals surface area contributed by atoms with E-state index in [-0.39, 0.29) is 11.4 Å². The topological polar surface area (TPSA) is 96.1 Å². The summed E-state index contributed by atoms with van der Waals surface area (Å²) >= 11 is 0.